The van der Waals surface area contributed by atoms with Gasteiger partial charge in [-0.25, -0.2) is 0 Å². The third kappa shape index (κ3) is 3.35. The standard InChI is InChI=1S/C15H23N3O2/c1-11-3-2-5-15(8-11,10-19)18-14(20)12-4-6-17-13(7-12)9-16/h4,6-7,11,19H,2-3,5,8-10,16H2,1H3,(H,18,20). The van der Waals surface area contributed by atoms with Crippen molar-refractivity contribution >= 4 is 5.91 Å². The number of aliphatic hydroxyl groups excluding tert-OH is 1. The molecular formula is C15H23N3O2. The molecule has 1 aliphatic rings. The molecule has 1 aromatic heterocycles. The molecule has 20 heavy (non-hydrogen) atoms. The van der Waals surface area contributed by atoms with Crippen LogP contribution in [0.2, 0.25) is 0 Å². The first-order valence-electron chi connectivity index (χ1n) is 7.17. The van der Waals surface area contributed by atoms with E-state index in [1.165, 1.54) is 0 Å². The summed E-state index contributed by atoms with van der Waals surface area (Å²) in [5, 5.41) is 12.7. The minimum Gasteiger partial charge on any atom is -0.394 e. The van der Waals surface area contributed by atoms with Crippen LogP contribution in [-0.2, 0) is 6.54 Å². The molecule has 1 aliphatic carbocycles. The number of nitrogens with two attached hydrogens (primary N) is 1. The van der Waals surface area contributed by atoms with Crippen molar-refractivity contribution in [3.05, 3.63) is 29.6 Å². The number of nitrogens with one attached hydrogen (secondary N) is 1. The summed E-state index contributed by atoms with van der Waals surface area (Å²) in [5.41, 5.74) is 6.29. The van der Waals surface area contributed by atoms with Gasteiger partial charge in [0.1, 0.15) is 0 Å². The summed E-state index contributed by atoms with van der Waals surface area (Å²) in [7, 11) is 0. The van der Waals surface area contributed by atoms with Crippen LogP contribution >= 0.6 is 0 Å². The summed E-state index contributed by atoms with van der Waals surface area (Å²) in [5.74, 6) is 0.360. The summed E-state index contributed by atoms with van der Waals surface area (Å²) in [6.07, 6.45) is 5.43. The Balaban J connectivity index is 2.12. The third-order valence-corrected chi connectivity index (χ3v) is 4.06. The van der Waals surface area contributed by atoms with Gasteiger partial charge in [-0.3, -0.25) is 9.78 Å². The first kappa shape index (κ1) is 14.9. The number of aromatic nitrogens is 1. The fraction of sp³-hybridized carbons (Fsp3) is 0.600. The fourth-order valence-corrected chi connectivity index (χ4v) is 3.00. The van der Waals surface area contributed by atoms with Crippen molar-refractivity contribution in [1.29, 1.82) is 0 Å². The quantitative estimate of drug-likeness (QED) is 0.772. The molecule has 5 nitrogen and oxygen atoms in total. The van der Waals surface area contributed by atoms with Gasteiger partial charge in [-0.05, 0) is 30.9 Å². The first-order chi connectivity index (χ1) is 9.58. The van der Waals surface area contributed by atoms with E-state index in [-0.39, 0.29) is 12.5 Å². The molecule has 0 spiro atoms. The van der Waals surface area contributed by atoms with Crippen LogP contribution in [0.4, 0.5) is 0 Å². The minimum atomic E-state index is -0.485. The molecule has 0 aliphatic heterocycles. The summed E-state index contributed by atoms with van der Waals surface area (Å²) in [4.78, 5) is 16.4. The molecule has 0 aromatic carbocycles. The zero-order valence-corrected chi connectivity index (χ0v) is 11.9. The van der Waals surface area contributed by atoms with Crippen LogP contribution in [0.15, 0.2) is 18.3 Å². The summed E-state index contributed by atoms with van der Waals surface area (Å²) < 4.78 is 0. The van der Waals surface area contributed by atoms with E-state index >= 15 is 0 Å². The zero-order chi connectivity index (χ0) is 14.6. The molecule has 0 radical (unpaired) electrons. The third-order valence-electron chi connectivity index (χ3n) is 4.06. The summed E-state index contributed by atoms with van der Waals surface area (Å²) >= 11 is 0. The van der Waals surface area contributed by atoms with Gasteiger partial charge < -0.3 is 16.2 Å². The highest BCUT2D eigenvalue weighted by Gasteiger charge is 2.35. The zero-order valence-electron chi connectivity index (χ0n) is 11.9. The summed E-state index contributed by atoms with van der Waals surface area (Å²) in [6.45, 7) is 2.45. The molecule has 110 valence electrons. The molecular weight excluding hydrogens is 254 g/mol. The Morgan fingerprint density at radius 2 is 2.45 bits per heavy atom. The molecule has 1 heterocycles. The predicted octanol–water partition coefficient (Wildman–Crippen LogP) is 1.21. The molecule has 0 saturated heterocycles. The lowest BCUT2D eigenvalue weighted by atomic mass is 9.76. The van der Waals surface area contributed by atoms with Crippen LogP contribution in [-0.4, -0.2) is 28.1 Å². The van der Waals surface area contributed by atoms with Crippen molar-refractivity contribution in [2.75, 3.05) is 6.61 Å². The number of hydrogen-bond acceptors (Lipinski definition) is 4. The maximum absolute atomic E-state index is 12.4. The van der Waals surface area contributed by atoms with Crippen LogP contribution in [0.1, 0.15) is 48.7 Å². The van der Waals surface area contributed by atoms with Gasteiger partial charge >= 0.3 is 0 Å². The Morgan fingerprint density at radius 1 is 1.65 bits per heavy atom. The average molecular weight is 277 g/mol. The second kappa shape index (κ2) is 6.33. The Hall–Kier alpha value is -1.46. The van der Waals surface area contributed by atoms with Crippen molar-refractivity contribution in [2.24, 2.45) is 11.7 Å². The number of aliphatic hydroxyl groups is 1. The number of amides is 1. The molecule has 0 bridgehead atoms. The Bertz CT molecular complexity index is 478. The van der Waals surface area contributed by atoms with Gasteiger partial charge in [-0.15, -0.1) is 0 Å². The maximum atomic E-state index is 12.4. The number of rotatable bonds is 4. The fourth-order valence-electron chi connectivity index (χ4n) is 3.00. The number of hydrogen-bond donors (Lipinski definition) is 3. The van der Waals surface area contributed by atoms with E-state index in [1.54, 1.807) is 18.3 Å². The number of nitrogens with zero attached hydrogens (tertiary/aromatic N) is 1. The largest absolute Gasteiger partial charge is 0.394 e. The number of carbonyl (C=O) groups excluding carboxylic acids is 1. The van der Waals surface area contributed by atoms with E-state index in [9.17, 15) is 9.90 Å². The van der Waals surface area contributed by atoms with Gasteiger partial charge in [0.15, 0.2) is 0 Å². The lowest BCUT2D eigenvalue weighted by Crippen LogP contribution is -2.53. The second-order valence-corrected chi connectivity index (χ2v) is 5.83. The molecule has 1 saturated carbocycles. The van der Waals surface area contributed by atoms with Crippen LogP contribution in [0.3, 0.4) is 0 Å². The van der Waals surface area contributed by atoms with E-state index in [1.807, 2.05) is 0 Å². The van der Waals surface area contributed by atoms with E-state index in [0.717, 1.165) is 25.7 Å². The highest BCUT2D eigenvalue weighted by molar-refractivity contribution is 5.94. The van der Waals surface area contributed by atoms with Gasteiger partial charge in [0, 0.05) is 18.3 Å². The molecule has 1 aromatic rings. The van der Waals surface area contributed by atoms with Crippen molar-refractivity contribution in [3.8, 4) is 0 Å². The molecule has 1 fully saturated rings. The van der Waals surface area contributed by atoms with Gasteiger partial charge in [-0.1, -0.05) is 19.8 Å². The van der Waals surface area contributed by atoms with Crippen LogP contribution < -0.4 is 11.1 Å². The smallest absolute Gasteiger partial charge is 0.251 e. The highest BCUT2D eigenvalue weighted by Crippen LogP contribution is 2.32. The van der Waals surface area contributed by atoms with Crippen molar-refractivity contribution < 1.29 is 9.90 Å². The van der Waals surface area contributed by atoms with Gasteiger partial charge in [0.2, 0.25) is 0 Å². The van der Waals surface area contributed by atoms with Crippen LogP contribution in [0.5, 0.6) is 0 Å². The molecule has 1 amide bonds. The first-order valence-corrected chi connectivity index (χ1v) is 7.17. The van der Waals surface area contributed by atoms with E-state index in [2.05, 4.69) is 17.2 Å². The highest BCUT2D eigenvalue weighted by atomic mass is 16.3. The Morgan fingerprint density at radius 3 is 3.10 bits per heavy atom. The van der Waals surface area contributed by atoms with Crippen LogP contribution in [0.25, 0.3) is 0 Å². The maximum Gasteiger partial charge on any atom is 0.251 e. The normalized spacial score (nSPS) is 26.2. The van der Waals surface area contributed by atoms with E-state index < -0.39 is 5.54 Å². The molecule has 5 heteroatoms. The van der Waals surface area contributed by atoms with Crippen LogP contribution in [0, 0.1) is 5.92 Å². The number of carbonyl (C=O) groups is 1. The van der Waals surface area contributed by atoms with Gasteiger partial charge in [0.25, 0.3) is 5.91 Å². The number of pyridine rings is 1. The SMILES string of the molecule is CC1CCCC(CO)(NC(=O)c2ccnc(CN)c2)C1. The monoisotopic (exact) mass is 277 g/mol. The lowest BCUT2D eigenvalue weighted by Gasteiger charge is -2.39. The van der Waals surface area contributed by atoms with Gasteiger partial charge in [-0.2, -0.15) is 0 Å². The minimum absolute atomic E-state index is 0.0160. The Kier molecular flexibility index (Phi) is 4.73. The topological polar surface area (TPSA) is 88.2 Å². The lowest BCUT2D eigenvalue weighted by molar-refractivity contribution is 0.0697. The predicted molar refractivity (Wildman–Crippen MR) is 77.0 cm³/mol. The Labute approximate surface area is 119 Å². The second-order valence-electron chi connectivity index (χ2n) is 5.83. The molecule has 2 unspecified atom stereocenters. The molecule has 2 rings (SSSR count). The summed E-state index contributed by atoms with van der Waals surface area (Å²) in [6, 6.07) is 3.37. The molecule has 2 atom stereocenters. The van der Waals surface area contributed by atoms with Crippen molar-refractivity contribution in [1.82, 2.24) is 10.3 Å². The van der Waals surface area contributed by atoms with E-state index in [4.69, 9.17) is 5.73 Å². The van der Waals surface area contributed by atoms with Crippen molar-refractivity contribution in [3.63, 3.8) is 0 Å². The van der Waals surface area contributed by atoms with E-state index in [0.29, 0.717) is 23.7 Å². The van der Waals surface area contributed by atoms with Gasteiger partial charge in [0.05, 0.1) is 17.8 Å². The average Bonchev–Trinajstić information content (AvgIpc) is 2.47. The molecule has 4 N–H and O–H groups in total. The van der Waals surface area contributed by atoms with Crippen molar-refractivity contribution in [2.45, 2.75) is 44.7 Å².